The quantitative estimate of drug-likeness (QED) is 0.665. The number of hydrogen-bond donors (Lipinski definition) is 1. The lowest BCUT2D eigenvalue weighted by molar-refractivity contribution is -0.120. The molecular formula is C22H28BrN3O3S. The molecule has 1 N–H and O–H groups in total. The molecule has 8 heteroatoms. The predicted molar refractivity (Wildman–Crippen MR) is 123 cm³/mol. The molecule has 1 aliphatic heterocycles. The van der Waals surface area contributed by atoms with Crippen molar-refractivity contribution in [2.75, 3.05) is 38.0 Å². The minimum Gasteiger partial charge on any atom is -0.325 e. The molecule has 1 amide bonds. The molecular weight excluding hydrogens is 466 g/mol. The van der Waals surface area contributed by atoms with Crippen LogP contribution >= 0.6 is 15.9 Å². The first-order valence-electron chi connectivity index (χ1n) is 10.0. The van der Waals surface area contributed by atoms with E-state index in [9.17, 15) is 13.2 Å². The summed E-state index contributed by atoms with van der Waals surface area (Å²) >= 11 is 3.41. The van der Waals surface area contributed by atoms with E-state index in [-0.39, 0.29) is 10.8 Å². The number of carbonyl (C=O) groups is 1. The van der Waals surface area contributed by atoms with Gasteiger partial charge in [0.2, 0.25) is 15.9 Å². The summed E-state index contributed by atoms with van der Waals surface area (Å²) in [6.45, 7) is 9.10. The van der Waals surface area contributed by atoms with Gasteiger partial charge < -0.3 is 10.2 Å². The first-order valence-corrected chi connectivity index (χ1v) is 12.3. The number of halogens is 1. The summed E-state index contributed by atoms with van der Waals surface area (Å²) in [7, 11) is -3.59. The first-order chi connectivity index (χ1) is 14.1. The number of piperazine rings is 1. The topological polar surface area (TPSA) is 69.7 Å². The lowest BCUT2D eigenvalue weighted by Gasteiger charge is -2.33. The second kappa shape index (κ2) is 9.18. The summed E-state index contributed by atoms with van der Waals surface area (Å²) in [4.78, 5) is 15.4. The standard InChI is InChI=1S/C22H28BrN3O3S/c1-4-25-12-14-26(15-13-25)30(28,29)20-7-5-6-19(16-20)24-21(27)22(2,3)17-8-10-18(23)11-9-17/h5-11,16H,4,12-15H2,1-3H3,(H,24,27). The number of carbonyl (C=O) groups excluding carboxylic acids is 1. The van der Waals surface area contributed by atoms with E-state index >= 15 is 0 Å². The summed E-state index contributed by atoms with van der Waals surface area (Å²) in [5.41, 5.74) is 0.575. The van der Waals surface area contributed by atoms with Gasteiger partial charge in [0, 0.05) is 36.3 Å². The van der Waals surface area contributed by atoms with Crippen LogP contribution in [0.5, 0.6) is 0 Å². The number of hydrogen-bond acceptors (Lipinski definition) is 4. The van der Waals surface area contributed by atoms with Crippen molar-refractivity contribution in [3.8, 4) is 0 Å². The number of amides is 1. The Morgan fingerprint density at radius 2 is 1.70 bits per heavy atom. The number of sulfonamides is 1. The van der Waals surface area contributed by atoms with Crippen LogP contribution in [0, 0.1) is 0 Å². The maximum absolute atomic E-state index is 13.1. The molecule has 0 aliphatic carbocycles. The van der Waals surface area contributed by atoms with E-state index in [1.165, 1.54) is 10.4 Å². The Hall–Kier alpha value is -1.74. The van der Waals surface area contributed by atoms with Crippen LogP contribution < -0.4 is 5.32 Å². The van der Waals surface area contributed by atoms with E-state index in [0.717, 1.165) is 29.7 Å². The van der Waals surface area contributed by atoms with Crippen molar-refractivity contribution in [3.05, 3.63) is 58.6 Å². The number of likely N-dealkylation sites (N-methyl/N-ethyl adjacent to an activating group) is 1. The van der Waals surface area contributed by atoms with E-state index < -0.39 is 15.4 Å². The SMILES string of the molecule is CCN1CCN(S(=O)(=O)c2cccc(NC(=O)C(C)(C)c3ccc(Br)cc3)c2)CC1. The highest BCUT2D eigenvalue weighted by atomic mass is 79.9. The van der Waals surface area contributed by atoms with Crippen LogP contribution in [0.1, 0.15) is 26.3 Å². The number of nitrogens with zero attached hydrogens (tertiary/aromatic N) is 2. The lowest BCUT2D eigenvalue weighted by atomic mass is 9.83. The molecule has 0 aromatic heterocycles. The van der Waals surface area contributed by atoms with Crippen molar-refractivity contribution in [1.29, 1.82) is 0 Å². The molecule has 1 fully saturated rings. The van der Waals surface area contributed by atoms with E-state index in [2.05, 4.69) is 33.1 Å². The van der Waals surface area contributed by atoms with Crippen molar-refractivity contribution >= 4 is 37.5 Å². The Balaban J connectivity index is 1.76. The molecule has 2 aromatic rings. The van der Waals surface area contributed by atoms with Crippen molar-refractivity contribution in [1.82, 2.24) is 9.21 Å². The summed E-state index contributed by atoms with van der Waals surface area (Å²) in [6.07, 6.45) is 0. The van der Waals surface area contributed by atoms with E-state index in [4.69, 9.17) is 0 Å². The highest BCUT2D eigenvalue weighted by molar-refractivity contribution is 9.10. The molecule has 162 valence electrons. The molecule has 30 heavy (non-hydrogen) atoms. The Kier molecular flexibility index (Phi) is 7.02. The Morgan fingerprint density at radius 3 is 2.30 bits per heavy atom. The van der Waals surface area contributed by atoms with Crippen LogP contribution in [0.25, 0.3) is 0 Å². The van der Waals surface area contributed by atoms with Gasteiger partial charge in [0.25, 0.3) is 0 Å². The number of nitrogens with one attached hydrogen (secondary N) is 1. The minimum absolute atomic E-state index is 0.198. The summed E-state index contributed by atoms with van der Waals surface area (Å²) in [5.74, 6) is -0.198. The third-order valence-corrected chi connectivity index (χ3v) is 8.07. The Labute approximate surface area is 187 Å². The summed E-state index contributed by atoms with van der Waals surface area (Å²) < 4.78 is 28.6. The van der Waals surface area contributed by atoms with Gasteiger partial charge in [0.1, 0.15) is 0 Å². The number of anilines is 1. The number of rotatable bonds is 6. The van der Waals surface area contributed by atoms with Gasteiger partial charge in [-0.3, -0.25) is 4.79 Å². The molecule has 6 nitrogen and oxygen atoms in total. The average molecular weight is 494 g/mol. The van der Waals surface area contributed by atoms with Crippen LogP contribution in [0.3, 0.4) is 0 Å². The van der Waals surface area contributed by atoms with Gasteiger partial charge in [-0.2, -0.15) is 4.31 Å². The van der Waals surface area contributed by atoms with E-state index in [1.807, 2.05) is 38.1 Å². The normalized spacial score (nSPS) is 16.4. The second-order valence-electron chi connectivity index (χ2n) is 7.95. The van der Waals surface area contributed by atoms with Crippen molar-refractivity contribution in [3.63, 3.8) is 0 Å². The summed E-state index contributed by atoms with van der Waals surface area (Å²) in [5, 5.41) is 2.89. The zero-order chi connectivity index (χ0) is 21.9. The predicted octanol–water partition coefficient (Wildman–Crippen LogP) is 3.69. The van der Waals surface area contributed by atoms with Crippen molar-refractivity contribution in [2.24, 2.45) is 0 Å². The van der Waals surface area contributed by atoms with Crippen LogP contribution in [0.4, 0.5) is 5.69 Å². The molecule has 0 saturated carbocycles. The maximum atomic E-state index is 13.1. The molecule has 0 bridgehead atoms. The zero-order valence-corrected chi connectivity index (χ0v) is 20.0. The van der Waals surface area contributed by atoms with Crippen LogP contribution in [0.2, 0.25) is 0 Å². The van der Waals surface area contributed by atoms with Gasteiger partial charge in [-0.05, 0) is 56.3 Å². The third-order valence-electron chi connectivity index (χ3n) is 5.64. The second-order valence-corrected chi connectivity index (χ2v) is 10.8. The molecule has 1 heterocycles. The number of benzene rings is 2. The van der Waals surface area contributed by atoms with Crippen LogP contribution in [-0.4, -0.2) is 56.3 Å². The van der Waals surface area contributed by atoms with E-state index in [0.29, 0.717) is 18.8 Å². The minimum atomic E-state index is -3.59. The van der Waals surface area contributed by atoms with Gasteiger partial charge in [-0.25, -0.2) is 8.42 Å². The maximum Gasteiger partial charge on any atom is 0.243 e. The highest BCUT2D eigenvalue weighted by Gasteiger charge is 2.31. The Morgan fingerprint density at radius 1 is 1.07 bits per heavy atom. The lowest BCUT2D eigenvalue weighted by Crippen LogP contribution is -2.48. The van der Waals surface area contributed by atoms with E-state index in [1.54, 1.807) is 18.2 Å². The van der Waals surface area contributed by atoms with Gasteiger partial charge in [-0.15, -0.1) is 0 Å². The molecule has 0 unspecified atom stereocenters. The van der Waals surface area contributed by atoms with Crippen molar-refractivity contribution in [2.45, 2.75) is 31.1 Å². The fourth-order valence-electron chi connectivity index (χ4n) is 3.45. The smallest absolute Gasteiger partial charge is 0.243 e. The molecule has 0 radical (unpaired) electrons. The first kappa shape index (κ1) is 22.9. The molecule has 1 saturated heterocycles. The van der Waals surface area contributed by atoms with Crippen LogP contribution in [-0.2, 0) is 20.2 Å². The fraction of sp³-hybridized carbons (Fsp3) is 0.409. The van der Waals surface area contributed by atoms with Gasteiger partial charge in [-0.1, -0.05) is 41.1 Å². The third kappa shape index (κ3) is 4.94. The fourth-order valence-corrected chi connectivity index (χ4v) is 5.19. The van der Waals surface area contributed by atoms with Crippen molar-refractivity contribution < 1.29 is 13.2 Å². The summed E-state index contributed by atoms with van der Waals surface area (Å²) in [6, 6.07) is 14.1. The molecule has 1 aliphatic rings. The van der Waals surface area contributed by atoms with Crippen LogP contribution in [0.15, 0.2) is 57.9 Å². The van der Waals surface area contributed by atoms with Gasteiger partial charge >= 0.3 is 0 Å². The van der Waals surface area contributed by atoms with Gasteiger partial charge in [0.05, 0.1) is 10.3 Å². The molecule has 0 atom stereocenters. The zero-order valence-electron chi connectivity index (χ0n) is 17.6. The largest absolute Gasteiger partial charge is 0.325 e. The molecule has 0 spiro atoms. The monoisotopic (exact) mass is 493 g/mol. The molecule has 2 aromatic carbocycles. The Bertz CT molecular complexity index is 999. The highest BCUT2D eigenvalue weighted by Crippen LogP contribution is 2.27. The average Bonchev–Trinajstić information content (AvgIpc) is 2.74. The molecule has 3 rings (SSSR count). The van der Waals surface area contributed by atoms with Gasteiger partial charge in [0.15, 0.2) is 0 Å².